The van der Waals surface area contributed by atoms with Crippen LogP contribution in [0.1, 0.15) is 21.5 Å². The molecule has 2 rings (SSSR count). The zero-order valence-corrected chi connectivity index (χ0v) is 11.6. The summed E-state index contributed by atoms with van der Waals surface area (Å²) < 4.78 is 10.2. The number of hydrogen-bond donors (Lipinski definition) is 1. The molecule has 4 heteroatoms. The largest absolute Gasteiger partial charge is 0.507 e. The highest BCUT2D eigenvalue weighted by Crippen LogP contribution is 2.34. The molecule has 1 N–H and O–H groups in total. The lowest BCUT2D eigenvalue weighted by atomic mass is 10.0. The van der Waals surface area contributed by atoms with Crippen molar-refractivity contribution in [2.75, 3.05) is 14.2 Å². The lowest BCUT2D eigenvalue weighted by Crippen LogP contribution is -2.05. The fourth-order valence-electron chi connectivity index (χ4n) is 1.93. The molecule has 2 aromatic rings. The Labute approximate surface area is 117 Å². The number of aromatic hydroxyl groups is 1. The number of benzene rings is 2. The first-order valence-electron chi connectivity index (χ1n) is 6.13. The predicted octanol–water partition coefficient (Wildman–Crippen LogP) is 2.95. The van der Waals surface area contributed by atoms with Gasteiger partial charge in [0.25, 0.3) is 0 Å². The Morgan fingerprint density at radius 2 is 1.70 bits per heavy atom. The quantitative estimate of drug-likeness (QED) is 0.869. The zero-order valence-electron chi connectivity index (χ0n) is 11.6. The molecule has 0 aliphatic carbocycles. The van der Waals surface area contributed by atoms with E-state index in [1.807, 2.05) is 19.1 Å². The maximum absolute atomic E-state index is 12.5. The number of hydrogen-bond acceptors (Lipinski definition) is 4. The van der Waals surface area contributed by atoms with Crippen LogP contribution in [0.5, 0.6) is 17.2 Å². The van der Waals surface area contributed by atoms with Gasteiger partial charge in [-0.15, -0.1) is 0 Å². The summed E-state index contributed by atoms with van der Waals surface area (Å²) in [6.45, 7) is 1.94. The molecule has 0 aliphatic heterocycles. The second-order valence-corrected chi connectivity index (χ2v) is 4.42. The van der Waals surface area contributed by atoms with Crippen LogP contribution >= 0.6 is 0 Å². The second kappa shape index (κ2) is 5.65. The van der Waals surface area contributed by atoms with Gasteiger partial charge in [-0.2, -0.15) is 0 Å². The van der Waals surface area contributed by atoms with E-state index in [0.717, 1.165) is 5.56 Å². The van der Waals surface area contributed by atoms with Crippen molar-refractivity contribution in [3.05, 3.63) is 53.1 Å². The van der Waals surface area contributed by atoms with Crippen LogP contribution in [-0.2, 0) is 0 Å². The van der Waals surface area contributed by atoms with Crippen LogP contribution in [0.2, 0.25) is 0 Å². The number of rotatable bonds is 4. The normalized spacial score (nSPS) is 10.2. The third kappa shape index (κ3) is 2.59. The van der Waals surface area contributed by atoms with Gasteiger partial charge in [-0.05, 0) is 6.92 Å². The third-order valence-electron chi connectivity index (χ3n) is 3.05. The summed E-state index contributed by atoms with van der Waals surface area (Å²) in [7, 11) is 2.93. The lowest BCUT2D eigenvalue weighted by molar-refractivity contribution is 0.103. The standard InChI is InChI=1S/C16H16O4/c1-10-4-6-11(7-5-10)16(18)15-13(17)8-12(19-2)9-14(15)20-3/h4-9,17H,1-3H3. The van der Waals surface area contributed by atoms with E-state index >= 15 is 0 Å². The van der Waals surface area contributed by atoms with Crippen molar-refractivity contribution in [3.63, 3.8) is 0 Å². The molecule has 20 heavy (non-hydrogen) atoms. The van der Waals surface area contributed by atoms with E-state index in [1.54, 1.807) is 18.2 Å². The van der Waals surface area contributed by atoms with Crippen LogP contribution < -0.4 is 9.47 Å². The first kappa shape index (κ1) is 13.9. The molecule has 0 atom stereocenters. The van der Waals surface area contributed by atoms with Crippen LogP contribution in [0.15, 0.2) is 36.4 Å². The van der Waals surface area contributed by atoms with Crippen molar-refractivity contribution in [2.45, 2.75) is 6.92 Å². The first-order valence-corrected chi connectivity index (χ1v) is 6.13. The SMILES string of the molecule is COc1cc(O)c(C(=O)c2ccc(C)cc2)c(OC)c1. The van der Waals surface area contributed by atoms with Gasteiger partial charge in [0.1, 0.15) is 22.8 Å². The number of methoxy groups -OCH3 is 2. The number of carbonyl (C=O) groups is 1. The predicted molar refractivity (Wildman–Crippen MR) is 75.8 cm³/mol. The second-order valence-electron chi connectivity index (χ2n) is 4.42. The van der Waals surface area contributed by atoms with E-state index in [0.29, 0.717) is 11.3 Å². The lowest BCUT2D eigenvalue weighted by Gasteiger charge is -2.12. The van der Waals surface area contributed by atoms with E-state index in [1.165, 1.54) is 20.3 Å². The van der Waals surface area contributed by atoms with Crippen LogP contribution in [0.4, 0.5) is 0 Å². The summed E-state index contributed by atoms with van der Waals surface area (Å²) in [5.41, 5.74) is 1.69. The Kier molecular flexibility index (Phi) is 3.94. The molecule has 0 amide bonds. The minimum atomic E-state index is -0.290. The maximum Gasteiger partial charge on any atom is 0.200 e. The van der Waals surface area contributed by atoms with Crippen molar-refractivity contribution in [3.8, 4) is 17.2 Å². The molecule has 0 spiro atoms. The Hall–Kier alpha value is -2.49. The summed E-state index contributed by atoms with van der Waals surface area (Å²) in [4.78, 5) is 12.5. The van der Waals surface area contributed by atoms with Crippen molar-refractivity contribution in [1.29, 1.82) is 0 Å². The zero-order chi connectivity index (χ0) is 14.7. The summed E-state index contributed by atoms with van der Waals surface area (Å²) in [5.74, 6) is 0.265. The molecule has 0 saturated heterocycles. The highest BCUT2D eigenvalue weighted by Gasteiger charge is 2.20. The molecule has 4 nitrogen and oxygen atoms in total. The van der Waals surface area contributed by atoms with Crippen molar-refractivity contribution < 1.29 is 19.4 Å². The monoisotopic (exact) mass is 272 g/mol. The van der Waals surface area contributed by atoms with E-state index in [2.05, 4.69) is 0 Å². The van der Waals surface area contributed by atoms with E-state index < -0.39 is 0 Å². The Bertz CT molecular complexity index is 630. The fourth-order valence-corrected chi connectivity index (χ4v) is 1.93. The van der Waals surface area contributed by atoms with Crippen LogP contribution in [0, 0.1) is 6.92 Å². The average Bonchev–Trinajstić information content (AvgIpc) is 2.46. The molecule has 0 heterocycles. The van der Waals surface area contributed by atoms with Crippen molar-refractivity contribution >= 4 is 5.78 Å². The van der Waals surface area contributed by atoms with Gasteiger partial charge in [0.05, 0.1) is 14.2 Å². The van der Waals surface area contributed by atoms with Crippen LogP contribution in [0.25, 0.3) is 0 Å². The number of phenols is 1. The summed E-state index contributed by atoms with van der Waals surface area (Å²) in [6.07, 6.45) is 0. The number of phenolic OH excluding ortho intramolecular Hbond substituents is 1. The molecule has 0 bridgehead atoms. The molecular formula is C16H16O4. The van der Waals surface area contributed by atoms with Gasteiger partial charge in [-0.25, -0.2) is 0 Å². The van der Waals surface area contributed by atoms with Crippen LogP contribution in [-0.4, -0.2) is 25.1 Å². The molecule has 0 aromatic heterocycles. The molecule has 0 saturated carbocycles. The van der Waals surface area contributed by atoms with Gasteiger partial charge in [-0.3, -0.25) is 4.79 Å². The minimum absolute atomic E-state index is 0.136. The molecule has 104 valence electrons. The van der Waals surface area contributed by atoms with Gasteiger partial charge in [0.2, 0.25) is 5.78 Å². The summed E-state index contributed by atoms with van der Waals surface area (Å²) in [5, 5.41) is 10.0. The van der Waals surface area contributed by atoms with Crippen molar-refractivity contribution in [2.24, 2.45) is 0 Å². The smallest absolute Gasteiger partial charge is 0.200 e. The van der Waals surface area contributed by atoms with E-state index in [-0.39, 0.29) is 22.8 Å². The topological polar surface area (TPSA) is 55.8 Å². The minimum Gasteiger partial charge on any atom is -0.507 e. The maximum atomic E-state index is 12.5. The third-order valence-corrected chi connectivity index (χ3v) is 3.05. The van der Waals surface area contributed by atoms with Crippen molar-refractivity contribution in [1.82, 2.24) is 0 Å². The summed E-state index contributed by atoms with van der Waals surface area (Å²) in [6, 6.07) is 10.1. The molecule has 2 aromatic carbocycles. The fraction of sp³-hybridized carbons (Fsp3) is 0.188. The Balaban J connectivity index is 2.51. The van der Waals surface area contributed by atoms with Gasteiger partial charge < -0.3 is 14.6 Å². The number of ether oxygens (including phenoxy) is 2. The average molecular weight is 272 g/mol. The van der Waals surface area contributed by atoms with E-state index in [4.69, 9.17) is 9.47 Å². The molecule has 0 unspecified atom stereocenters. The number of carbonyl (C=O) groups excluding carboxylic acids is 1. The number of aryl methyl sites for hydroxylation is 1. The molecular weight excluding hydrogens is 256 g/mol. The summed E-state index contributed by atoms with van der Waals surface area (Å²) >= 11 is 0. The molecule has 0 fully saturated rings. The highest BCUT2D eigenvalue weighted by molar-refractivity contribution is 6.12. The van der Waals surface area contributed by atoms with Gasteiger partial charge in [0.15, 0.2) is 0 Å². The highest BCUT2D eigenvalue weighted by atomic mass is 16.5. The molecule has 0 radical (unpaired) electrons. The Morgan fingerprint density at radius 1 is 1.05 bits per heavy atom. The Morgan fingerprint density at radius 3 is 2.25 bits per heavy atom. The van der Waals surface area contributed by atoms with Gasteiger partial charge >= 0.3 is 0 Å². The van der Waals surface area contributed by atoms with Gasteiger partial charge in [-0.1, -0.05) is 29.8 Å². The first-order chi connectivity index (χ1) is 9.56. The van der Waals surface area contributed by atoms with Gasteiger partial charge in [0, 0.05) is 17.7 Å². The molecule has 0 aliphatic rings. The number of ketones is 1. The van der Waals surface area contributed by atoms with E-state index in [9.17, 15) is 9.90 Å². The van der Waals surface area contributed by atoms with Crippen LogP contribution in [0.3, 0.4) is 0 Å².